The van der Waals surface area contributed by atoms with Crippen LogP contribution >= 0.6 is 15.9 Å². The van der Waals surface area contributed by atoms with Gasteiger partial charge in [0.15, 0.2) is 6.10 Å². The fraction of sp³-hybridized carbons (Fsp3) is 0.188. The Morgan fingerprint density at radius 1 is 1.08 bits per heavy atom. The molecule has 0 heterocycles. The van der Waals surface area contributed by atoms with Gasteiger partial charge in [0.1, 0.15) is 5.75 Å². The van der Waals surface area contributed by atoms with E-state index < -0.39 is 16.1 Å². The van der Waals surface area contributed by atoms with Crippen molar-refractivity contribution >= 4 is 37.5 Å². The fourth-order valence-electron chi connectivity index (χ4n) is 1.89. The third kappa shape index (κ3) is 4.72. The van der Waals surface area contributed by atoms with Gasteiger partial charge in [-0.25, -0.2) is 8.42 Å². The van der Waals surface area contributed by atoms with E-state index in [9.17, 15) is 13.2 Å². The Kier molecular flexibility index (Phi) is 5.84. The first-order valence-corrected chi connectivity index (χ1v) is 9.36. The summed E-state index contributed by atoms with van der Waals surface area (Å²) in [6, 6.07) is 12.7. The second-order valence-electron chi connectivity index (χ2n) is 4.96. The molecule has 0 radical (unpaired) electrons. The molecular formula is C16H17BrN2O4S. The van der Waals surface area contributed by atoms with Crippen LogP contribution in [0.25, 0.3) is 0 Å². The lowest BCUT2D eigenvalue weighted by molar-refractivity contribution is -0.126. The largest absolute Gasteiger partial charge is 0.481 e. The lowest BCUT2D eigenvalue weighted by atomic mass is 10.3. The standard InChI is InChI=1S/C16H17BrN2O4S/c1-11(16(20)18-2)23-14-7-9-15(10-8-14)24(21,22)19-13-5-3-12(17)4-6-13/h3-11,19H,1-2H3,(H,18,20)/t11-/m0/s1. The fourth-order valence-corrected chi connectivity index (χ4v) is 3.21. The second-order valence-corrected chi connectivity index (χ2v) is 7.56. The summed E-state index contributed by atoms with van der Waals surface area (Å²) in [6.07, 6.45) is -0.668. The first-order valence-electron chi connectivity index (χ1n) is 7.08. The molecule has 0 bridgehead atoms. The Labute approximate surface area is 149 Å². The topological polar surface area (TPSA) is 84.5 Å². The molecule has 2 N–H and O–H groups in total. The smallest absolute Gasteiger partial charge is 0.261 e. The number of carbonyl (C=O) groups excluding carboxylic acids is 1. The van der Waals surface area contributed by atoms with Crippen molar-refractivity contribution in [3.05, 3.63) is 53.0 Å². The van der Waals surface area contributed by atoms with Crippen molar-refractivity contribution in [1.82, 2.24) is 5.32 Å². The van der Waals surface area contributed by atoms with Crippen LogP contribution in [0.2, 0.25) is 0 Å². The summed E-state index contributed by atoms with van der Waals surface area (Å²) < 4.78 is 33.5. The lowest BCUT2D eigenvalue weighted by Crippen LogP contribution is -2.33. The molecule has 1 atom stereocenters. The number of ether oxygens (including phenoxy) is 1. The van der Waals surface area contributed by atoms with E-state index in [0.29, 0.717) is 11.4 Å². The van der Waals surface area contributed by atoms with Crippen LogP contribution in [-0.4, -0.2) is 27.5 Å². The van der Waals surface area contributed by atoms with Crippen molar-refractivity contribution in [2.45, 2.75) is 17.9 Å². The van der Waals surface area contributed by atoms with E-state index >= 15 is 0 Å². The van der Waals surface area contributed by atoms with Crippen molar-refractivity contribution in [2.24, 2.45) is 0 Å². The second kappa shape index (κ2) is 7.67. The van der Waals surface area contributed by atoms with Crippen molar-refractivity contribution < 1.29 is 17.9 Å². The highest BCUT2D eigenvalue weighted by Gasteiger charge is 2.16. The van der Waals surface area contributed by atoms with E-state index in [-0.39, 0.29) is 10.8 Å². The minimum atomic E-state index is -3.69. The normalized spacial score (nSPS) is 12.3. The number of likely N-dealkylation sites (N-methyl/N-ethyl adjacent to an activating group) is 1. The molecule has 2 aromatic rings. The number of benzene rings is 2. The Morgan fingerprint density at radius 2 is 1.67 bits per heavy atom. The van der Waals surface area contributed by atoms with Crippen LogP contribution in [0, 0.1) is 0 Å². The molecule has 8 heteroatoms. The monoisotopic (exact) mass is 412 g/mol. The number of hydrogen-bond donors (Lipinski definition) is 2. The lowest BCUT2D eigenvalue weighted by Gasteiger charge is -2.13. The van der Waals surface area contributed by atoms with Crippen LogP contribution in [0.4, 0.5) is 5.69 Å². The van der Waals surface area contributed by atoms with E-state index in [0.717, 1.165) is 4.47 Å². The first kappa shape index (κ1) is 18.3. The Bertz CT molecular complexity index is 805. The molecule has 0 saturated carbocycles. The molecule has 24 heavy (non-hydrogen) atoms. The zero-order valence-corrected chi connectivity index (χ0v) is 15.5. The summed E-state index contributed by atoms with van der Waals surface area (Å²) in [6.45, 7) is 1.61. The average molecular weight is 413 g/mol. The minimum absolute atomic E-state index is 0.102. The van der Waals surface area contributed by atoms with E-state index in [2.05, 4.69) is 26.0 Å². The van der Waals surface area contributed by atoms with Crippen molar-refractivity contribution in [1.29, 1.82) is 0 Å². The van der Waals surface area contributed by atoms with Gasteiger partial charge >= 0.3 is 0 Å². The summed E-state index contributed by atoms with van der Waals surface area (Å²) in [4.78, 5) is 11.5. The summed E-state index contributed by atoms with van der Waals surface area (Å²) in [5.41, 5.74) is 0.465. The quantitative estimate of drug-likeness (QED) is 0.763. The third-order valence-corrected chi connectivity index (χ3v) is 5.08. The summed E-state index contributed by atoms with van der Waals surface area (Å²) in [7, 11) is -2.17. The van der Waals surface area contributed by atoms with Crippen LogP contribution in [0.3, 0.4) is 0 Å². The van der Waals surface area contributed by atoms with Crippen molar-refractivity contribution in [3.63, 3.8) is 0 Å². The van der Waals surface area contributed by atoms with E-state index in [1.165, 1.54) is 31.3 Å². The minimum Gasteiger partial charge on any atom is -0.481 e. The predicted octanol–water partition coefficient (Wildman–Crippen LogP) is 2.76. The molecule has 6 nitrogen and oxygen atoms in total. The molecule has 0 aliphatic rings. The van der Waals surface area contributed by atoms with Gasteiger partial charge in [0.25, 0.3) is 15.9 Å². The van der Waals surface area contributed by atoms with Gasteiger partial charge in [-0.15, -0.1) is 0 Å². The molecule has 2 aromatic carbocycles. The van der Waals surface area contributed by atoms with Gasteiger partial charge in [-0.05, 0) is 55.5 Å². The molecule has 128 valence electrons. The average Bonchev–Trinajstić information content (AvgIpc) is 2.56. The number of sulfonamides is 1. The molecule has 0 fully saturated rings. The number of anilines is 1. The van der Waals surface area contributed by atoms with Crippen molar-refractivity contribution in [2.75, 3.05) is 11.8 Å². The molecule has 0 aliphatic carbocycles. The van der Waals surface area contributed by atoms with Gasteiger partial charge < -0.3 is 10.1 Å². The molecule has 0 aliphatic heterocycles. The number of nitrogens with one attached hydrogen (secondary N) is 2. The van der Waals surface area contributed by atoms with Crippen LogP contribution in [0.15, 0.2) is 57.9 Å². The molecular weight excluding hydrogens is 396 g/mol. The number of halogens is 1. The molecule has 0 aromatic heterocycles. The highest BCUT2D eigenvalue weighted by atomic mass is 79.9. The molecule has 0 spiro atoms. The third-order valence-electron chi connectivity index (χ3n) is 3.16. The Balaban J connectivity index is 2.11. The SMILES string of the molecule is CNC(=O)[C@H](C)Oc1ccc(S(=O)(=O)Nc2ccc(Br)cc2)cc1. The zero-order chi connectivity index (χ0) is 17.7. The molecule has 0 unspecified atom stereocenters. The molecule has 0 saturated heterocycles. The predicted molar refractivity (Wildman–Crippen MR) is 95.5 cm³/mol. The number of hydrogen-bond acceptors (Lipinski definition) is 4. The van der Waals surface area contributed by atoms with Gasteiger partial charge in [-0.3, -0.25) is 9.52 Å². The summed E-state index contributed by atoms with van der Waals surface area (Å²) in [5, 5.41) is 2.48. The maximum atomic E-state index is 12.3. The maximum absolute atomic E-state index is 12.3. The van der Waals surface area contributed by atoms with E-state index in [4.69, 9.17) is 4.74 Å². The first-order chi connectivity index (χ1) is 11.3. The number of rotatable bonds is 6. The molecule has 2 rings (SSSR count). The van der Waals surface area contributed by atoms with Gasteiger partial charge in [0, 0.05) is 17.2 Å². The Morgan fingerprint density at radius 3 is 2.21 bits per heavy atom. The van der Waals surface area contributed by atoms with Gasteiger partial charge in [-0.1, -0.05) is 15.9 Å². The van der Waals surface area contributed by atoms with Gasteiger partial charge in [0.2, 0.25) is 0 Å². The van der Waals surface area contributed by atoms with E-state index in [1.807, 2.05) is 0 Å². The van der Waals surface area contributed by atoms with Crippen LogP contribution in [-0.2, 0) is 14.8 Å². The number of carbonyl (C=O) groups is 1. The molecule has 1 amide bonds. The zero-order valence-electron chi connectivity index (χ0n) is 13.1. The van der Waals surface area contributed by atoms with E-state index in [1.54, 1.807) is 31.2 Å². The van der Waals surface area contributed by atoms with Gasteiger partial charge in [0.05, 0.1) is 4.90 Å². The summed E-state index contributed by atoms with van der Waals surface area (Å²) >= 11 is 3.29. The maximum Gasteiger partial charge on any atom is 0.261 e. The number of amides is 1. The van der Waals surface area contributed by atoms with Crippen LogP contribution in [0.5, 0.6) is 5.75 Å². The summed E-state index contributed by atoms with van der Waals surface area (Å²) in [5.74, 6) is 0.150. The highest BCUT2D eigenvalue weighted by molar-refractivity contribution is 9.10. The highest BCUT2D eigenvalue weighted by Crippen LogP contribution is 2.21. The van der Waals surface area contributed by atoms with Crippen LogP contribution in [0.1, 0.15) is 6.92 Å². The van der Waals surface area contributed by atoms with Crippen molar-refractivity contribution in [3.8, 4) is 5.75 Å². The Hall–Kier alpha value is -2.06. The van der Waals surface area contributed by atoms with Crippen LogP contribution < -0.4 is 14.8 Å². The van der Waals surface area contributed by atoms with Gasteiger partial charge in [-0.2, -0.15) is 0 Å².